The smallest absolute Gasteiger partial charge is 0.179 e. The van der Waals surface area contributed by atoms with Crippen LogP contribution in [0.5, 0.6) is 0 Å². The lowest BCUT2D eigenvalue weighted by Gasteiger charge is -2.25. The molecule has 1 aliphatic rings. The zero-order valence-electron chi connectivity index (χ0n) is 9.09. The molecule has 1 aliphatic heterocycles. The largest absolute Gasteiger partial charge is 0.349 e. The number of rotatable bonds is 1. The molecule has 1 saturated heterocycles. The summed E-state index contributed by atoms with van der Waals surface area (Å²) >= 11 is 0. The Morgan fingerprint density at radius 3 is 2.23 bits per heavy atom. The van der Waals surface area contributed by atoms with E-state index in [4.69, 9.17) is 9.47 Å². The fourth-order valence-corrected chi connectivity index (χ4v) is 1.50. The van der Waals surface area contributed by atoms with Gasteiger partial charge < -0.3 is 9.47 Å². The molecular formula is C11H20O2. The summed E-state index contributed by atoms with van der Waals surface area (Å²) in [6.45, 7) is 10.2. The standard InChI is InChI=1S/C11H20O2/c1-9(8-11(2,3)4)10-12-6-5-7-13-10/h8,10H,5-7H2,1-4H3/b9-8+. The molecule has 1 fully saturated rings. The fourth-order valence-electron chi connectivity index (χ4n) is 1.50. The van der Waals surface area contributed by atoms with E-state index in [0.717, 1.165) is 19.6 Å². The first kappa shape index (κ1) is 10.7. The number of allylic oxidation sites excluding steroid dienone is 1. The molecule has 0 radical (unpaired) electrons. The third-order valence-electron chi connectivity index (χ3n) is 1.86. The van der Waals surface area contributed by atoms with Crippen LogP contribution in [0.25, 0.3) is 0 Å². The Balaban J connectivity index is 2.54. The maximum Gasteiger partial charge on any atom is 0.179 e. The van der Waals surface area contributed by atoms with Gasteiger partial charge in [0.2, 0.25) is 0 Å². The Kier molecular flexibility index (Phi) is 3.51. The topological polar surface area (TPSA) is 18.5 Å². The van der Waals surface area contributed by atoms with Gasteiger partial charge in [-0.05, 0) is 24.3 Å². The van der Waals surface area contributed by atoms with E-state index in [9.17, 15) is 0 Å². The highest BCUT2D eigenvalue weighted by molar-refractivity contribution is 5.07. The van der Waals surface area contributed by atoms with Crippen LogP contribution in [-0.4, -0.2) is 19.5 Å². The maximum absolute atomic E-state index is 5.50. The van der Waals surface area contributed by atoms with Crippen LogP contribution in [0.3, 0.4) is 0 Å². The van der Waals surface area contributed by atoms with E-state index in [0.29, 0.717) is 0 Å². The van der Waals surface area contributed by atoms with Gasteiger partial charge in [-0.3, -0.25) is 0 Å². The van der Waals surface area contributed by atoms with Gasteiger partial charge >= 0.3 is 0 Å². The first-order valence-corrected chi connectivity index (χ1v) is 4.91. The van der Waals surface area contributed by atoms with Gasteiger partial charge in [-0.2, -0.15) is 0 Å². The summed E-state index contributed by atoms with van der Waals surface area (Å²) in [7, 11) is 0. The Labute approximate surface area is 80.9 Å². The quantitative estimate of drug-likeness (QED) is 0.583. The lowest BCUT2D eigenvalue weighted by atomic mass is 9.94. The van der Waals surface area contributed by atoms with Gasteiger partial charge in [-0.1, -0.05) is 26.8 Å². The average molecular weight is 184 g/mol. The van der Waals surface area contributed by atoms with Gasteiger partial charge in [0.15, 0.2) is 6.29 Å². The minimum Gasteiger partial charge on any atom is -0.349 e. The SMILES string of the molecule is C/C(=C\C(C)(C)C)C1OCCCO1. The molecule has 0 amide bonds. The second-order valence-electron chi connectivity index (χ2n) is 4.68. The summed E-state index contributed by atoms with van der Waals surface area (Å²) < 4.78 is 11.0. The minimum atomic E-state index is -0.104. The molecule has 1 heterocycles. The summed E-state index contributed by atoms with van der Waals surface area (Å²) in [5, 5.41) is 0. The highest BCUT2D eigenvalue weighted by Crippen LogP contribution is 2.21. The van der Waals surface area contributed by atoms with Crippen LogP contribution in [0.4, 0.5) is 0 Å². The lowest BCUT2D eigenvalue weighted by Crippen LogP contribution is -2.26. The zero-order valence-corrected chi connectivity index (χ0v) is 9.09. The predicted octanol–water partition coefficient (Wildman–Crippen LogP) is 2.74. The van der Waals surface area contributed by atoms with Gasteiger partial charge in [0, 0.05) is 0 Å². The Hall–Kier alpha value is -0.340. The number of ether oxygens (including phenoxy) is 2. The second-order valence-corrected chi connectivity index (χ2v) is 4.68. The summed E-state index contributed by atoms with van der Waals surface area (Å²) in [5.74, 6) is 0. The van der Waals surface area contributed by atoms with Gasteiger partial charge in [0.05, 0.1) is 13.2 Å². The summed E-state index contributed by atoms with van der Waals surface area (Å²) in [6.07, 6.45) is 3.12. The molecule has 0 aromatic rings. The predicted molar refractivity (Wildman–Crippen MR) is 53.5 cm³/mol. The first-order chi connectivity index (χ1) is 5.99. The number of hydrogen-bond donors (Lipinski definition) is 0. The van der Waals surface area contributed by atoms with Crippen LogP contribution in [0.1, 0.15) is 34.1 Å². The minimum absolute atomic E-state index is 0.104. The first-order valence-electron chi connectivity index (χ1n) is 4.91. The molecule has 13 heavy (non-hydrogen) atoms. The van der Waals surface area contributed by atoms with E-state index in [1.165, 1.54) is 5.57 Å². The molecule has 0 N–H and O–H groups in total. The van der Waals surface area contributed by atoms with Crippen molar-refractivity contribution >= 4 is 0 Å². The second kappa shape index (κ2) is 4.25. The molecule has 0 saturated carbocycles. The molecule has 0 aromatic carbocycles. The molecule has 0 bridgehead atoms. The molecule has 0 aromatic heterocycles. The third kappa shape index (κ3) is 3.92. The molecule has 0 unspecified atom stereocenters. The highest BCUT2D eigenvalue weighted by atomic mass is 16.7. The van der Waals surface area contributed by atoms with Crippen LogP contribution in [-0.2, 0) is 9.47 Å². The average Bonchev–Trinajstić information content (AvgIpc) is 2.03. The highest BCUT2D eigenvalue weighted by Gasteiger charge is 2.17. The Morgan fingerprint density at radius 1 is 1.23 bits per heavy atom. The van der Waals surface area contributed by atoms with Crippen molar-refractivity contribution < 1.29 is 9.47 Å². The van der Waals surface area contributed by atoms with Crippen molar-refractivity contribution in [1.29, 1.82) is 0 Å². The van der Waals surface area contributed by atoms with Crippen molar-refractivity contribution in [3.63, 3.8) is 0 Å². The molecular weight excluding hydrogens is 164 g/mol. The van der Waals surface area contributed by atoms with Crippen LogP contribution in [0, 0.1) is 5.41 Å². The van der Waals surface area contributed by atoms with Crippen molar-refractivity contribution in [1.82, 2.24) is 0 Å². The molecule has 76 valence electrons. The van der Waals surface area contributed by atoms with Gasteiger partial charge in [-0.15, -0.1) is 0 Å². The van der Waals surface area contributed by atoms with E-state index < -0.39 is 0 Å². The van der Waals surface area contributed by atoms with E-state index in [1.54, 1.807) is 0 Å². The van der Waals surface area contributed by atoms with Crippen molar-refractivity contribution in [2.75, 3.05) is 13.2 Å². The molecule has 0 spiro atoms. The van der Waals surface area contributed by atoms with E-state index in [-0.39, 0.29) is 11.7 Å². The van der Waals surface area contributed by atoms with Crippen molar-refractivity contribution in [2.45, 2.75) is 40.4 Å². The summed E-state index contributed by atoms with van der Waals surface area (Å²) in [5.41, 5.74) is 1.39. The summed E-state index contributed by atoms with van der Waals surface area (Å²) in [4.78, 5) is 0. The van der Waals surface area contributed by atoms with E-state index >= 15 is 0 Å². The molecule has 0 atom stereocenters. The summed E-state index contributed by atoms with van der Waals surface area (Å²) in [6, 6.07) is 0. The molecule has 2 heteroatoms. The number of hydrogen-bond acceptors (Lipinski definition) is 2. The van der Waals surface area contributed by atoms with Gasteiger partial charge in [0.1, 0.15) is 0 Å². The molecule has 0 aliphatic carbocycles. The van der Waals surface area contributed by atoms with Crippen LogP contribution in [0.2, 0.25) is 0 Å². The third-order valence-corrected chi connectivity index (χ3v) is 1.86. The van der Waals surface area contributed by atoms with Crippen LogP contribution >= 0.6 is 0 Å². The normalized spacial score (nSPS) is 22.0. The molecule has 1 rings (SSSR count). The van der Waals surface area contributed by atoms with Crippen LogP contribution in [0.15, 0.2) is 11.6 Å². The van der Waals surface area contributed by atoms with Crippen LogP contribution < -0.4 is 0 Å². The maximum atomic E-state index is 5.50. The van der Waals surface area contributed by atoms with Gasteiger partial charge in [0.25, 0.3) is 0 Å². The van der Waals surface area contributed by atoms with Crippen molar-refractivity contribution in [3.8, 4) is 0 Å². The monoisotopic (exact) mass is 184 g/mol. The zero-order chi connectivity index (χ0) is 9.90. The van der Waals surface area contributed by atoms with Gasteiger partial charge in [-0.25, -0.2) is 0 Å². The Morgan fingerprint density at radius 2 is 1.77 bits per heavy atom. The lowest BCUT2D eigenvalue weighted by molar-refractivity contribution is -0.156. The van der Waals surface area contributed by atoms with E-state index in [2.05, 4.69) is 33.8 Å². The Bertz CT molecular complexity index is 183. The fraction of sp³-hybridized carbons (Fsp3) is 0.818. The van der Waals surface area contributed by atoms with Crippen molar-refractivity contribution in [2.24, 2.45) is 5.41 Å². The molecule has 2 nitrogen and oxygen atoms in total. The van der Waals surface area contributed by atoms with Crippen molar-refractivity contribution in [3.05, 3.63) is 11.6 Å². The van der Waals surface area contributed by atoms with E-state index in [1.807, 2.05) is 0 Å².